The molecule has 1 fully saturated rings. The van der Waals surface area contributed by atoms with Crippen LogP contribution in [-0.4, -0.2) is 55.1 Å². The standard InChI is InChI=1S/C26H31ClN4O/c1-18-14-19(2)25-23(15-18)24(16-20(3)29-25)26(32)28-8-5-9-30-10-12-31(13-11-30)22-7-4-6-21(27)17-22/h4,6-7,14-17H,5,8-13H2,1-3H3,(H,28,32). The number of amides is 1. The predicted octanol–water partition coefficient (Wildman–Crippen LogP) is 4.76. The smallest absolute Gasteiger partial charge is 0.252 e. The van der Waals surface area contributed by atoms with Crippen LogP contribution in [0.1, 0.15) is 33.6 Å². The van der Waals surface area contributed by atoms with E-state index in [0.717, 1.165) is 77.5 Å². The van der Waals surface area contributed by atoms with E-state index in [9.17, 15) is 4.79 Å². The highest BCUT2D eigenvalue weighted by Crippen LogP contribution is 2.24. The number of aromatic nitrogens is 1. The summed E-state index contributed by atoms with van der Waals surface area (Å²) in [6, 6.07) is 14.1. The molecule has 1 aliphatic rings. The minimum atomic E-state index is -0.0173. The highest BCUT2D eigenvalue weighted by Gasteiger charge is 2.18. The summed E-state index contributed by atoms with van der Waals surface area (Å²) in [5.41, 5.74) is 5.94. The van der Waals surface area contributed by atoms with Gasteiger partial charge in [-0.2, -0.15) is 0 Å². The third kappa shape index (κ3) is 5.22. The second-order valence-electron chi connectivity index (χ2n) is 8.71. The number of nitrogens with one attached hydrogen (secondary N) is 1. The number of rotatable bonds is 6. The van der Waals surface area contributed by atoms with Crippen molar-refractivity contribution in [2.24, 2.45) is 0 Å². The van der Waals surface area contributed by atoms with Crippen LogP contribution in [0.15, 0.2) is 42.5 Å². The summed E-state index contributed by atoms with van der Waals surface area (Å²) >= 11 is 6.13. The molecule has 0 atom stereocenters. The number of hydrogen-bond donors (Lipinski definition) is 1. The van der Waals surface area contributed by atoms with Crippen LogP contribution in [0.25, 0.3) is 10.9 Å². The van der Waals surface area contributed by atoms with E-state index in [1.807, 2.05) is 31.2 Å². The maximum absolute atomic E-state index is 12.9. The largest absolute Gasteiger partial charge is 0.369 e. The number of anilines is 1. The van der Waals surface area contributed by atoms with Crippen molar-refractivity contribution in [2.75, 3.05) is 44.2 Å². The van der Waals surface area contributed by atoms with Gasteiger partial charge in [0, 0.05) is 54.5 Å². The number of fused-ring (bicyclic) bond motifs is 1. The Hall–Kier alpha value is -2.63. The summed E-state index contributed by atoms with van der Waals surface area (Å²) in [6.45, 7) is 11.7. The van der Waals surface area contributed by atoms with Gasteiger partial charge in [0.15, 0.2) is 0 Å². The van der Waals surface area contributed by atoms with Crippen molar-refractivity contribution in [3.05, 3.63) is 69.9 Å². The highest BCUT2D eigenvalue weighted by molar-refractivity contribution is 6.30. The molecule has 0 bridgehead atoms. The molecular formula is C26H31ClN4O. The van der Waals surface area contributed by atoms with Gasteiger partial charge in [-0.15, -0.1) is 0 Å². The van der Waals surface area contributed by atoms with Crippen LogP contribution in [0.3, 0.4) is 0 Å². The Morgan fingerprint density at radius 1 is 1.06 bits per heavy atom. The zero-order valence-corrected chi connectivity index (χ0v) is 19.9. The lowest BCUT2D eigenvalue weighted by Crippen LogP contribution is -2.47. The fourth-order valence-electron chi connectivity index (χ4n) is 4.50. The first-order valence-electron chi connectivity index (χ1n) is 11.3. The number of hydrogen-bond acceptors (Lipinski definition) is 4. The van der Waals surface area contributed by atoms with Gasteiger partial charge in [0.1, 0.15) is 0 Å². The van der Waals surface area contributed by atoms with Crippen LogP contribution in [0, 0.1) is 20.8 Å². The number of halogens is 1. The summed E-state index contributed by atoms with van der Waals surface area (Å²) in [7, 11) is 0. The van der Waals surface area contributed by atoms with E-state index in [1.54, 1.807) is 0 Å². The first-order valence-corrected chi connectivity index (χ1v) is 11.7. The van der Waals surface area contributed by atoms with E-state index < -0.39 is 0 Å². The maximum Gasteiger partial charge on any atom is 0.252 e. The molecule has 1 saturated heterocycles. The molecule has 3 aromatic rings. The molecule has 0 radical (unpaired) electrons. The zero-order valence-electron chi connectivity index (χ0n) is 19.1. The molecule has 5 nitrogen and oxygen atoms in total. The van der Waals surface area contributed by atoms with E-state index in [2.05, 4.69) is 52.1 Å². The van der Waals surface area contributed by atoms with Crippen molar-refractivity contribution in [3.63, 3.8) is 0 Å². The summed E-state index contributed by atoms with van der Waals surface area (Å²) in [6.07, 6.45) is 0.933. The Kier molecular flexibility index (Phi) is 6.97. The molecule has 0 spiro atoms. The Bertz CT molecular complexity index is 1120. The van der Waals surface area contributed by atoms with Crippen LogP contribution in [0.4, 0.5) is 5.69 Å². The van der Waals surface area contributed by atoms with Crippen LogP contribution in [0.5, 0.6) is 0 Å². The number of benzene rings is 2. The molecular weight excluding hydrogens is 420 g/mol. The quantitative estimate of drug-likeness (QED) is 0.550. The van der Waals surface area contributed by atoms with E-state index in [0.29, 0.717) is 6.54 Å². The van der Waals surface area contributed by atoms with Crippen molar-refractivity contribution >= 4 is 34.1 Å². The summed E-state index contributed by atoms with van der Waals surface area (Å²) < 4.78 is 0. The van der Waals surface area contributed by atoms with E-state index >= 15 is 0 Å². The molecule has 1 N–H and O–H groups in total. The Balaban J connectivity index is 1.28. The number of nitrogens with zero attached hydrogens (tertiary/aromatic N) is 3. The lowest BCUT2D eigenvalue weighted by atomic mass is 10.0. The van der Waals surface area contributed by atoms with Gasteiger partial charge in [0.2, 0.25) is 0 Å². The maximum atomic E-state index is 12.9. The monoisotopic (exact) mass is 450 g/mol. The predicted molar refractivity (Wildman–Crippen MR) is 133 cm³/mol. The molecule has 1 aromatic heterocycles. The molecule has 32 heavy (non-hydrogen) atoms. The van der Waals surface area contributed by atoms with Crippen LogP contribution >= 0.6 is 11.6 Å². The van der Waals surface area contributed by atoms with Gasteiger partial charge in [0.25, 0.3) is 5.91 Å². The minimum Gasteiger partial charge on any atom is -0.369 e. The topological polar surface area (TPSA) is 48.5 Å². The molecule has 1 aliphatic heterocycles. The van der Waals surface area contributed by atoms with Crippen molar-refractivity contribution < 1.29 is 4.79 Å². The average molecular weight is 451 g/mol. The van der Waals surface area contributed by atoms with Gasteiger partial charge in [-0.25, -0.2) is 0 Å². The van der Waals surface area contributed by atoms with E-state index in [-0.39, 0.29) is 5.91 Å². The first-order chi connectivity index (χ1) is 15.4. The lowest BCUT2D eigenvalue weighted by molar-refractivity contribution is 0.0953. The Morgan fingerprint density at radius 3 is 2.59 bits per heavy atom. The molecule has 6 heteroatoms. The van der Waals surface area contributed by atoms with Gasteiger partial charge in [0.05, 0.1) is 11.1 Å². The average Bonchev–Trinajstić information content (AvgIpc) is 2.77. The lowest BCUT2D eigenvalue weighted by Gasteiger charge is -2.36. The number of pyridine rings is 1. The van der Waals surface area contributed by atoms with Crippen LogP contribution in [0.2, 0.25) is 5.02 Å². The molecule has 1 amide bonds. The Labute approximate surface area is 195 Å². The van der Waals surface area contributed by atoms with Crippen LogP contribution < -0.4 is 10.2 Å². The van der Waals surface area contributed by atoms with Crippen molar-refractivity contribution in [1.29, 1.82) is 0 Å². The molecule has 4 rings (SSSR count). The summed E-state index contributed by atoms with van der Waals surface area (Å²) in [4.78, 5) is 22.4. The van der Waals surface area contributed by atoms with Gasteiger partial charge < -0.3 is 10.2 Å². The van der Waals surface area contributed by atoms with E-state index in [4.69, 9.17) is 11.6 Å². The molecule has 2 heterocycles. The first kappa shape index (κ1) is 22.6. The van der Waals surface area contributed by atoms with Crippen molar-refractivity contribution in [2.45, 2.75) is 27.2 Å². The second-order valence-corrected chi connectivity index (χ2v) is 9.14. The Morgan fingerprint density at radius 2 is 1.84 bits per heavy atom. The van der Waals surface area contributed by atoms with Gasteiger partial charge >= 0.3 is 0 Å². The van der Waals surface area contributed by atoms with Gasteiger partial charge in [-0.3, -0.25) is 14.7 Å². The fourth-order valence-corrected chi connectivity index (χ4v) is 4.68. The van der Waals surface area contributed by atoms with Crippen molar-refractivity contribution in [1.82, 2.24) is 15.2 Å². The fraction of sp³-hybridized carbons (Fsp3) is 0.385. The third-order valence-corrected chi connectivity index (χ3v) is 6.34. The summed E-state index contributed by atoms with van der Waals surface area (Å²) in [5.74, 6) is -0.0173. The second kappa shape index (κ2) is 9.88. The SMILES string of the molecule is Cc1cc(C)c2nc(C)cc(C(=O)NCCCN3CCN(c4cccc(Cl)c4)CC3)c2c1. The molecule has 0 unspecified atom stereocenters. The number of aryl methyl sites for hydroxylation is 3. The van der Waals surface area contributed by atoms with E-state index in [1.165, 1.54) is 5.69 Å². The molecule has 0 aliphatic carbocycles. The zero-order chi connectivity index (χ0) is 22.7. The highest BCUT2D eigenvalue weighted by atomic mass is 35.5. The van der Waals surface area contributed by atoms with Crippen molar-refractivity contribution in [3.8, 4) is 0 Å². The molecule has 168 valence electrons. The number of carbonyl (C=O) groups excluding carboxylic acids is 1. The van der Waals surface area contributed by atoms with Gasteiger partial charge in [-0.1, -0.05) is 29.3 Å². The molecule has 2 aromatic carbocycles. The van der Waals surface area contributed by atoms with Gasteiger partial charge in [-0.05, 0) is 69.6 Å². The summed E-state index contributed by atoms with van der Waals surface area (Å²) in [5, 5.41) is 4.83. The van der Waals surface area contributed by atoms with Crippen LogP contribution in [-0.2, 0) is 0 Å². The number of piperazine rings is 1. The molecule has 0 saturated carbocycles. The third-order valence-electron chi connectivity index (χ3n) is 6.10. The normalized spacial score (nSPS) is 14.7. The number of carbonyl (C=O) groups is 1. The minimum absolute atomic E-state index is 0.0173.